The topological polar surface area (TPSA) is 61.3 Å². The van der Waals surface area contributed by atoms with Crippen molar-refractivity contribution in [2.75, 3.05) is 19.8 Å². The fraction of sp³-hybridized carbons (Fsp3) is 0.643. The summed E-state index contributed by atoms with van der Waals surface area (Å²) in [5, 5.41) is 0. The van der Waals surface area contributed by atoms with Gasteiger partial charge in [-0.1, -0.05) is 13.8 Å². The maximum absolute atomic E-state index is 11.9. The number of aromatic nitrogens is 2. The van der Waals surface area contributed by atoms with E-state index in [1.165, 1.54) is 6.20 Å². The van der Waals surface area contributed by atoms with E-state index in [4.69, 9.17) is 9.47 Å². The number of nitrogens with zero attached hydrogens (tertiary/aromatic N) is 2. The van der Waals surface area contributed by atoms with E-state index in [2.05, 4.69) is 9.97 Å². The minimum Gasteiger partial charge on any atom is -0.462 e. The van der Waals surface area contributed by atoms with E-state index in [0.717, 1.165) is 0 Å². The molecule has 0 aliphatic carbocycles. The second-order valence-corrected chi connectivity index (χ2v) is 4.68. The molecule has 1 aromatic rings. The first-order valence-corrected chi connectivity index (χ1v) is 6.84. The van der Waals surface area contributed by atoms with Gasteiger partial charge in [0.1, 0.15) is 12.4 Å². The summed E-state index contributed by atoms with van der Waals surface area (Å²) >= 11 is 0. The van der Waals surface area contributed by atoms with Crippen LogP contribution in [-0.2, 0) is 15.9 Å². The van der Waals surface area contributed by atoms with Crippen molar-refractivity contribution < 1.29 is 23.0 Å². The summed E-state index contributed by atoms with van der Waals surface area (Å²) in [6.45, 7) is 5.32. The van der Waals surface area contributed by atoms with Crippen LogP contribution >= 0.6 is 0 Å². The molecule has 0 aliphatic heterocycles. The van der Waals surface area contributed by atoms with Gasteiger partial charge in [-0.25, -0.2) is 23.5 Å². The molecule has 1 rings (SSSR count). The minimum absolute atomic E-state index is 0.0214. The molecule has 0 radical (unpaired) electrons. The molecule has 118 valence electrons. The number of rotatable bonds is 8. The molecule has 21 heavy (non-hydrogen) atoms. The van der Waals surface area contributed by atoms with E-state index >= 15 is 0 Å². The molecule has 0 saturated heterocycles. The Hall–Kier alpha value is -1.63. The highest BCUT2D eigenvalue weighted by Gasteiger charge is 2.18. The number of ether oxygens (including phenoxy) is 2. The minimum atomic E-state index is -2.48. The lowest BCUT2D eigenvalue weighted by Crippen LogP contribution is -2.15. The lowest BCUT2D eigenvalue weighted by Gasteiger charge is -2.12. The second kappa shape index (κ2) is 8.61. The Morgan fingerprint density at radius 2 is 2.10 bits per heavy atom. The molecule has 5 nitrogen and oxygen atoms in total. The summed E-state index contributed by atoms with van der Waals surface area (Å²) in [4.78, 5) is 20.2. The summed E-state index contributed by atoms with van der Waals surface area (Å²) in [6, 6.07) is 0. The third-order valence-electron chi connectivity index (χ3n) is 2.62. The highest BCUT2D eigenvalue weighted by atomic mass is 19.3. The first-order valence-electron chi connectivity index (χ1n) is 6.84. The van der Waals surface area contributed by atoms with Crippen molar-refractivity contribution in [1.29, 1.82) is 0 Å². The predicted molar refractivity (Wildman–Crippen MR) is 72.6 cm³/mol. The van der Waals surface area contributed by atoms with Gasteiger partial charge in [-0.05, 0) is 12.8 Å². The molecule has 0 fully saturated rings. The van der Waals surface area contributed by atoms with E-state index in [9.17, 15) is 13.6 Å². The summed E-state index contributed by atoms with van der Waals surface area (Å²) in [6.07, 6.45) is -0.749. The molecule has 0 unspecified atom stereocenters. The highest BCUT2D eigenvalue weighted by molar-refractivity contribution is 5.90. The molecule has 0 saturated carbocycles. The number of alkyl halides is 2. The predicted octanol–water partition coefficient (Wildman–Crippen LogP) is 2.60. The largest absolute Gasteiger partial charge is 0.462 e. The van der Waals surface area contributed by atoms with Gasteiger partial charge in [-0.15, -0.1) is 0 Å². The van der Waals surface area contributed by atoms with E-state index < -0.39 is 19.0 Å². The molecule has 0 aromatic carbocycles. The van der Waals surface area contributed by atoms with Gasteiger partial charge in [0.15, 0.2) is 0 Å². The van der Waals surface area contributed by atoms with Crippen molar-refractivity contribution in [3.8, 4) is 0 Å². The van der Waals surface area contributed by atoms with Gasteiger partial charge < -0.3 is 9.47 Å². The van der Waals surface area contributed by atoms with Crippen molar-refractivity contribution in [3.63, 3.8) is 0 Å². The Morgan fingerprint density at radius 3 is 2.67 bits per heavy atom. The zero-order chi connectivity index (χ0) is 15.8. The Labute approximate surface area is 122 Å². The third kappa shape index (κ3) is 5.71. The zero-order valence-corrected chi connectivity index (χ0v) is 12.4. The van der Waals surface area contributed by atoms with Crippen LogP contribution in [0.1, 0.15) is 48.6 Å². The van der Waals surface area contributed by atoms with Crippen LogP contribution < -0.4 is 0 Å². The maximum Gasteiger partial charge on any atom is 0.341 e. The van der Waals surface area contributed by atoms with E-state index in [1.54, 1.807) is 6.92 Å². The van der Waals surface area contributed by atoms with Crippen LogP contribution in [0.25, 0.3) is 0 Å². The molecule has 0 spiro atoms. The number of hydrogen-bond acceptors (Lipinski definition) is 5. The number of esters is 1. The summed E-state index contributed by atoms with van der Waals surface area (Å²) in [5.41, 5.74) is 0.927. The highest BCUT2D eigenvalue weighted by Crippen LogP contribution is 2.17. The van der Waals surface area contributed by atoms with Gasteiger partial charge in [-0.3, -0.25) is 0 Å². The summed E-state index contributed by atoms with van der Waals surface area (Å²) < 4.78 is 33.6. The van der Waals surface area contributed by atoms with Gasteiger partial charge in [0, 0.05) is 12.6 Å². The molecule has 1 aromatic heterocycles. The van der Waals surface area contributed by atoms with Crippen molar-refractivity contribution >= 4 is 5.97 Å². The molecule has 0 bridgehead atoms. The first-order chi connectivity index (χ1) is 9.95. The van der Waals surface area contributed by atoms with E-state index in [-0.39, 0.29) is 19.1 Å². The average Bonchev–Trinajstić information content (AvgIpc) is 2.43. The number of carbonyl (C=O) groups excluding carboxylic acids is 1. The standard InChI is InChI=1S/C14H20F2N2O3/c1-4-21-14(19)10-7-17-12(18-13(10)9(2)3)5-6-20-8-11(15)16/h7,9,11H,4-6,8H2,1-3H3. The molecule has 0 atom stereocenters. The van der Waals surface area contributed by atoms with Crippen molar-refractivity contribution in [2.24, 2.45) is 0 Å². The SMILES string of the molecule is CCOC(=O)c1cnc(CCOCC(F)F)nc1C(C)C. The lowest BCUT2D eigenvalue weighted by atomic mass is 10.1. The first kappa shape index (κ1) is 17.4. The van der Waals surface area contributed by atoms with Crippen LogP contribution in [0.2, 0.25) is 0 Å². The molecular formula is C14H20F2N2O3. The van der Waals surface area contributed by atoms with Gasteiger partial charge in [0.25, 0.3) is 6.43 Å². The lowest BCUT2D eigenvalue weighted by molar-refractivity contribution is 0.0182. The van der Waals surface area contributed by atoms with Crippen molar-refractivity contribution in [2.45, 2.75) is 39.5 Å². The quantitative estimate of drug-likeness (QED) is 0.545. The smallest absolute Gasteiger partial charge is 0.341 e. The van der Waals surface area contributed by atoms with E-state index in [1.807, 2.05) is 13.8 Å². The van der Waals surface area contributed by atoms with Crippen molar-refractivity contribution in [1.82, 2.24) is 9.97 Å². The molecular weight excluding hydrogens is 282 g/mol. The molecule has 0 amide bonds. The van der Waals surface area contributed by atoms with Crippen LogP contribution in [0.4, 0.5) is 8.78 Å². The molecule has 1 heterocycles. The molecule has 0 N–H and O–H groups in total. The fourth-order valence-electron chi connectivity index (χ4n) is 1.70. The number of hydrogen-bond donors (Lipinski definition) is 0. The van der Waals surface area contributed by atoms with Gasteiger partial charge in [0.05, 0.1) is 24.5 Å². The number of carbonyl (C=O) groups is 1. The van der Waals surface area contributed by atoms with Gasteiger partial charge in [0.2, 0.25) is 0 Å². The Balaban J connectivity index is 2.76. The van der Waals surface area contributed by atoms with Crippen LogP contribution in [0, 0.1) is 0 Å². The fourth-order valence-corrected chi connectivity index (χ4v) is 1.70. The molecule has 0 aliphatic rings. The van der Waals surface area contributed by atoms with Crippen molar-refractivity contribution in [3.05, 3.63) is 23.3 Å². The Bertz CT molecular complexity index is 468. The van der Waals surface area contributed by atoms with E-state index in [0.29, 0.717) is 23.5 Å². The number of halogens is 2. The van der Waals surface area contributed by atoms with Crippen LogP contribution in [-0.4, -0.2) is 42.2 Å². The van der Waals surface area contributed by atoms with Gasteiger partial charge in [-0.2, -0.15) is 0 Å². The Morgan fingerprint density at radius 1 is 1.38 bits per heavy atom. The van der Waals surface area contributed by atoms with Crippen LogP contribution in [0.3, 0.4) is 0 Å². The summed E-state index contributed by atoms with van der Waals surface area (Å²) in [5.74, 6) is 0.0239. The third-order valence-corrected chi connectivity index (χ3v) is 2.62. The maximum atomic E-state index is 11.9. The monoisotopic (exact) mass is 302 g/mol. The zero-order valence-electron chi connectivity index (χ0n) is 12.4. The van der Waals surface area contributed by atoms with Gasteiger partial charge >= 0.3 is 5.97 Å². The van der Waals surface area contributed by atoms with Crippen LogP contribution in [0.5, 0.6) is 0 Å². The second-order valence-electron chi connectivity index (χ2n) is 4.68. The van der Waals surface area contributed by atoms with Crippen LogP contribution in [0.15, 0.2) is 6.20 Å². The normalized spacial score (nSPS) is 11.2. The molecule has 7 heteroatoms. The summed E-state index contributed by atoms with van der Waals surface area (Å²) in [7, 11) is 0. The Kier molecular flexibility index (Phi) is 7.14. The average molecular weight is 302 g/mol.